The van der Waals surface area contributed by atoms with E-state index >= 15 is 0 Å². The van der Waals surface area contributed by atoms with Crippen LogP contribution in [0, 0.1) is 0 Å². The number of nitrogens with zero attached hydrogens (tertiary/aromatic N) is 3. The topological polar surface area (TPSA) is 88.4 Å². The van der Waals surface area contributed by atoms with Crippen molar-refractivity contribution in [3.8, 4) is 0 Å². The summed E-state index contributed by atoms with van der Waals surface area (Å²) < 4.78 is 4.95. The smallest absolute Gasteiger partial charge is 0.245 e. The van der Waals surface area contributed by atoms with Crippen molar-refractivity contribution in [2.45, 2.75) is 26.3 Å². The second-order valence-electron chi connectivity index (χ2n) is 3.61. The van der Waals surface area contributed by atoms with E-state index in [4.69, 9.17) is 15.4 Å². The molecule has 6 heteroatoms. The molecule has 0 radical (unpaired) electrons. The van der Waals surface area contributed by atoms with E-state index in [0.29, 0.717) is 11.7 Å². The number of aliphatic hydroxyl groups is 1. The van der Waals surface area contributed by atoms with Crippen LogP contribution >= 0.6 is 0 Å². The Labute approximate surface area is 95.4 Å². The van der Waals surface area contributed by atoms with Crippen LogP contribution in [-0.4, -0.2) is 46.4 Å². The van der Waals surface area contributed by atoms with Gasteiger partial charge in [-0.25, -0.2) is 0 Å². The van der Waals surface area contributed by atoms with Crippen LogP contribution in [-0.2, 0) is 6.42 Å². The van der Waals surface area contributed by atoms with Crippen molar-refractivity contribution in [1.29, 1.82) is 0 Å². The van der Waals surface area contributed by atoms with Crippen LogP contribution in [0.4, 0.5) is 0 Å². The molecule has 0 aromatic carbocycles. The van der Waals surface area contributed by atoms with Crippen LogP contribution < -0.4 is 5.73 Å². The lowest BCUT2D eigenvalue weighted by Crippen LogP contribution is -2.25. The Bertz CT molecular complexity index is 299. The molecule has 0 aliphatic rings. The number of hydrogen-bond donors (Lipinski definition) is 2. The van der Waals surface area contributed by atoms with Gasteiger partial charge in [0.25, 0.3) is 0 Å². The molecule has 1 aromatic heterocycles. The molecule has 1 aromatic rings. The highest BCUT2D eigenvalue weighted by Gasteiger charge is 2.13. The first kappa shape index (κ1) is 13.1. The van der Waals surface area contributed by atoms with E-state index in [1.807, 2.05) is 0 Å². The molecule has 0 saturated heterocycles. The minimum Gasteiger partial charge on any atom is -0.394 e. The zero-order valence-electron chi connectivity index (χ0n) is 9.89. The van der Waals surface area contributed by atoms with Crippen LogP contribution in [0.1, 0.15) is 31.6 Å². The zero-order valence-corrected chi connectivity index (χ0v) is 9.89. The van der Waals surface area contributed by atoms with Crippen molar-refractivity contribution < 1.29 is 9.63 Å². The summed E-state index contributed by atoms with van der Waals surface area (Å²) in [5.74, 6) is 0.947. The average Bonchev–Trinajstić information content (AvgIpc) is 2.78. The molecule has 92 valence electrons. The third kappa shape index (κ3) is 3.55. The van der Waals surface area contributed by atoms with Crippen LogP contribution in [0.25, 0.3) is 0 Å². The Kier molecular flexibility index (Phi) is 5.37. The van der Waals surface area contributed by atoms with E-state index in [1.54, 1.807) is 0 Å². The average molecular weight is 228 g/mol. The van der Waals surface area contributed by atoms with Crippen molar-refractivity contribution in [2.24, 2.45) is 5.73 Å². The molecule has 0 saturated carbocycles. The number of likely N-dealkylation sites (N-methyl/N-ethyl adjacent to an activating group) is 1. The summed E-state index contributed by atoms with van der Waals surface area (Å²) in [5.41, 5.74) is 5.56. The van der Waals surface area contributed by atoms with E-state index in [-0.39, 0.29) is 6.61 Å². The van der Waals surface area contributed by atoms with Crippen molar-refractivity contribution in [2.75, 3.05) is 26.2 Å². The lowest BCUT2D eigenvalue weighted by molar-refractivity contribution is 0.236. The lowest BCUT2D eigenvalue weighted by atomic mass is 10.3. The van der Waals surface area contributed by atoms with Crippen molar-refractivity contribution in [1.82, 2.24) is 15.0 Å². The van der Waals surface area contributed by atoms with Gasteiger partial charge < -0.3 is 20.3 Å². The molecule has 1 atom stereocenters. The second kappa shape index (κ2) is 6.57. The predicted octanol–water partition coefficient (Wildman–Crippen LogP) is -0.0540. The largest absolute Gasteiger partial charge is 0.394 e. The Morgan fingerprint density at radius 3 is 2.69 bits per heavy atom. The number of aromatic nitrogens is 2. The van der Waals surface area contributed by atoms with Crippen LogP contribution in [0.5, 0.6) is 0 Å². The molecule has 1 rings (SSSR count). The summed E-state index contributed by atoms with van der Waals surface area (Å²) in [6.07, 6.45) is 0.739. The molecule has 0 aliphatic carbocycles. The first-order valence-electron chi connectivity index (χ1n) is 5.62. The van der Waals surface area contributed by atoms with Crippen molar-refractivity contribution in [3.05, 3.63) is 11.7 Å². The highest BCUT2D eigenvalue weighted by atomic mass is 16.5. The Morgan fingerprint density at radius 2 is 2.12 bits per heavy atom. The van der Waals surface area contributed by atoms with Gasteiger partial charge in [0.15, 0.2) is 5.82 Å². The number of hydrogen-bond acceptors (Lipinski definition) is 6. The normalized spacial score (nSPS) is 13.3. The SMILES string of the molecule is CCN(CC)CCc1noc(C(N)CO)n1. The van der Waals surface area contributed by atoms with Gasteiger partial charge in [-0.15, -0.1) is 0 Å². The van der Waals surface area contributed by atoms with Gasteiger partial charge in [-0.2, -0.15) is 4.98 Å². The van der Waals surface area contributed by atoms with Gasteiger partial charge in [0.2, 0.25) is 5.89 Å². The standard InChI is InChI=1S/C10H20N4O2/c1-3-14(4-2)6-5-9-12-10(16-13-9)8(11)7-15/h8,15H,3-7,11H2,1-2H3. The predicted molar refractivity (Wildman–Crippen MR) is 59.8 cm³/mol. The highest BCUT2D eigenvalue weighted by Crippen LogP contribution is 2.07. The molecule has 1 unspecified atom stereocenters. The monoisotopic (exact) mass is 228 g/mol. The molecule has 0 bridgehead atoms. The number of nitrogens with two attached hydrogens (primary N) is 1. The molecule has 3 N–H and O–H groups in total. The summed E-state index contributed by atoms with van der Waals surface area (Å²) in [6, 6.07) is -0.574. The van der Waals surface area contributed by atoms with Crippen molar-refractivity contribution in [3.63, 3.8) is 0 Å². The van der Waals surface area contributed by atoms with Gasteiger partial charge in [-0.3, -0.25) is 0 Å². The summed E-state index contributed by atoms with van der Waals surface area (Å²) in [4.78, 5) is 6.41. The fourth-order valence-electron chi connectivity index (χ4n) is 1.40. The van der Waals surface area contributed by atoms with Crippen LogP contribution in [0.2, 0.25) is 0 Å². The molecule has 16 heavy (non-hydrogen) atoms. The van der Waals surface area contributed by atoms with Crippen molar-refractivity contribution >= 4 is 0 Å². The van der Waals surface area contributed by atoms with E-state index < -0.39 is 6.04 Å². The summed E-state index contributed by atoms with van der Waals surface area (Å²) in [6.45, 7) is 6.98. The molecular weight excluding hydrogens is 208 g/mol. The van der Waals surface area contributed by atoms with Crippen LogP contribution in [0.15, 0.2) is 4.52 Å². The van der Waals surface area contributed by atoms with E-state index in [2.05, 4.69) is 28.9 Å². The van der Waals surface area contributed by atoms with Gasteiger partial charge >= 0.3 is 0 Å². The molecule has 0 spiro atoms. The van der Waals surface area contributed by atoms with Gasteiger partial charge in [-0.05, 0) is 13.1 Å². The quantitative estimate of drug-likeness (QED) is 0.680. The number of rotatable bonds is 7. The minimum atomic E-state index is -0.574. The first-order chi connectivity index (χ1) is 7.71. The summed E-state index contributed by atoms with van der Waals surface area (Å²) >= 11 is 0. The van der Waals surface area contributed by atoms with Gasteiger partial charge in [0.1, 0.15) is 6.04 Å². The maximum atomic E-state index is 8.83. The first-order valence-corrected chi connectivity index (χ1v) is 5.62. The fourth-order valence-corrected chi connectivity index (χ4v) is 1.40. The lowest BCUT2D eigenvalue weighted by Gasteiger charge is -2.16. The Hall–Kier alpha value is -0.980. The Balaban J connectivity index is 2.46. The van der Waals surface area contributed by atoms with E-state index in [0.717, 1.165) is 26.1 Å². The third-order valence-corrected chi connectivity index (χ3v) is 2.54. The molecule has 1 heterocycles. The fraction of sp³-hybridized carbons (Fsp3) is 0.800. The zero-order chi connectivity index (χ0) is 12.0. The summed E-state index contributed by atoms with van der Waals surface area (Å²) in [7, 11) is 0. The molecular formula is C10H20N4O2. The maximum absolute atomic E-state index is 8.83. The molecule has 6 nitrogen and oxygen atoms in total. The molecule has 0 amide bonds. The van der Waals surface area contributed by atoms with E-state index in [9.17, 15) is 0 Å². The second-order valence-corrected chi connectivity index (χ2v) is 3.61. The van der Waals surface area contributed by atoms with E-state index in [1.165, 1.54) is 0 Å². The third-order valence-electron chi connectivity index (χ3n) is 2.54. The minimum absolute atomic E-state index is 0.183. The van der Waals surface area contributed by atoms with Gasteiger partial charge in [-0.1, -0.05) is 19.0 Å². The summed E-state index contributed by atoms with van der Waals surface area (Å²) in [5, 5.41) is 12.7. The van der Waals surface area contributed by atoms with Gasteiger partial charge in [0.05, 0.1) is 6.61 Å². The molecule has 0 fully saturated rings. The Morgan fingerprint density at radius 1 is 1.44 bits per heavy atom. The number of aliphatic hydroxyl groups excluding tert-OH is 1. The maximum Gasteiger partial charge on any atom is 0.245 e. The van der Waals surface area contributed by atoms with Crippen LogP contribution in [0.3, 0.4) is 0 Å². The molecule has 0 aliphatic heterocycles. The highest BCUT2D eigenvalue weighted by molar-refractivity contribution is 4.92. The van der Waals surface area contributed by atoms with Gasteiger partial charge in [0, 0.05) is 13.0 Å².